The highest BCUT2D eigenvalue weighted by molar-refractivity contribution is 5.48. The summed E-state index contributed by atoms with van der Waals surface area (Å²) in [6.45, 7) is 1.33. The van der Waals surface area contributed by atoms with E-state index >= 15 is 0 Å². The molecule has 1 aliphatic heterocycles. The van der Waals surface area contributed by atoms with Crippen LogP contribution in [0.2, 0.25) is 0 Å². The Morgan fingerprint density at radius 3 is 2.78 bits per heavy atom. The first-order valence-electron chi connectivity index (χ1n) is 7.05. The van der Waals surface area contributed by atoms with E-state index in [1.165, 1.54) is 0 Å². The monoisotopic (exact) mass is 325 g/mol. The van der Waals surface area contributed by atoms with Crippen LogP contribution in [0.25, 0.3) is 0 Å². The van der Waals surface area contributed by atoms with E-state index in [1.807, 2.05) is 6.07 Å². The number of nitrogens with zero attached hydrogens (tertiary/aromatic N) is 2. The Kier molecular flexibility index (Phi) is 4.22. The molecule has 0 fully saturated rings. The van der Waals surface area contributed by atoms with Crippen LogP contribution in [0.1, 0.15) is 17.7 Å². The normalized spacial score (nSPS) is 14.2. The van der Waals surface area contributed by atoms with Crippen LogP contribution in [0.4, 0.5) is 19.1 Å². The van der Waals surface area contributed by atoms with Gasteiger partial charge in [-0.15, -0.1) is 0 Å². The molecule has 1 aliphatic rings. The number of hydrogen-bond donors (Lipinski definition) is 1. The highest BCUT2D eigenvalue weighted by atomic mass is 19.4. The van der Waals surface area contributed by atoms with E-state index in [0.29, 0.717) is 24.7 Å². The summed E-state index contributed by atoms with van der Waals surface area (Å²) < 4.78 is 49.2. The standard InChI is InChI=1S/C15H14F3N3O2/c16-15(17,18)12-5-6-19-14(21-12)20-9-10-3-1-4-11-13(10)23-8-2-7-22-11/h1,3-6H,2,7-9H2,(H,19,20,21). The number of hydrogen-bond acceptors (Lipinski definition) is 5. The van der Waals surface area contributed by atoms with Crippen LogP contribution < -0.4 is 14.8 Å². The average Bonchev–Trinajstić information content (AvgIpc) is 2.78. The summed E-state index contributed by atoms with van der Waals surface area (Å²) in [5.41, 5.74) is -0.216. The van der Waals surface area contributed by atoms with Crippen molar-refractivity contribution < 1.29 is 22.6 Å². The minimum atomic E-state index is -4.50. The number of rotatable bonds is 3. The Labute approximate surface area is 130 Å². The Morgan fingerprint density at radius 1 is 1.13 bits per heavy atom. The molecule has 2 heterocycles. The van der Waals surface area contributed by atoms with Gasteiger partial charge in [0.1, 0.15) is 5.69 Å². The van der Waals surface area contributed by atoms with Crippen molar-refractivity contribution in [1.29, 1.82) is 0 Å². The van der Waals surface area contributed by atoms with Gasteiger partial charge in [0, 0.05) is 24.7 Å². The number of alkyl halides is 3. The number of anilines is 1. The second-order valence-corrected chi connectivity index (χ2v) is 4.91. The zero-order chi connectivity index (χ0) is 16.3. The Hall–Kier alpha value is -2.51. The molecule has 0 saturated heterocycles. The molecule has 0 aliphatic carbocycles. The minimum Gasteiger partial charge on any atom is -0.490 e. The summed E-state index contributed by atoms with van der Waals surface area (Å²) in [7, 11) is 0. The highest BCUT2D eigenvalue weighted by Crippen LogP contribution is 2.33. The second kappa shape index (κ2) is 6.31. The highest BCUT2D eigenvalue weighted by Gasteiger charge is 2.32. The van der Waals surface area contributed by atoms with E-state index in [9.17, 15) is 13.2 Å². The van der Waals surface area contributed by atoms with Crippen molar-refractivity contribution in [3.8, 4) is 11.5 Å². The van der Waals surface area contributed by atoms with Gasteiger partial charge in [-0.2, -0.15) is 13.2 Å². The fourth-order valence-electron chi connectivity index (χ4n) is 2.17. The largest absolute Gasteiger partial charge is 0.490 e. The van der Waals surface area contributed by atoms with Crippen molar-refractivity contribution >= 4 is 5.95 Å². The van der Waals surface area contributed by atoms with Gasteiger partial charge in [-0.25, -0.2) is 9.97 Å². The third-order valence-electron chi connectivity index (χ3n) is 3.24. The topological polar surface area (TPSA) is 56.3 Å². The molecule has 23 heavy (non-hydrogen) atoms. The van der Waals surface area contributed by atoms with Crippen molar-refractivity contribution in [3.05, 3.63) is 41.7 Å². The minimum absolute atomic E-state index is 0.0908. The predicted octanol–water partition coefficient (Wildman–Crippen LogP) is 3.27. The molecule has 0 saturated carbocycles. The third kappa shape index (κ3) is 3.64. The van der Waals surface area contributed by atoms with E-state index in [0.717, 1.165) is 24.2 Å². The molecule has 0 bridgehead atoms. The van der Waals surface area contributed by atoms with Crippen LogP contribution in [0.3, 0.4) is 0 Å². The summed E-state index contributed by atoms with van der Waals surface area (Å²) in [5, 5.41) is 2.79. The predicted molar refractivity (Wildman–Crippen MR) is 76.4 cm³/mol. The van der Waals surface area contributed by atoms with Gasteiger partial charge in [0.2, 0.25) is 5.95 Å². The summed E-state index contributed by atoms with van der Waals surface area (Å²) in [6, 6.07) is 6.24. The lowest BCUT2D eigenvalue weighted by molar-refractivity contribution is -0.141. The first-order chi connectivity index (χ1) is 11.0. The summed E-state index contributed by atoms with van der Waals surface area (Å²) in [4.78, 5) is 7.27. The maximum absolute atomic E-state index is 12.6. The smallest absolute Gasteiger partial charge is 0.433 e. The summed E-state index contributed by atoms with van der Waals surface area (Å²) >= 11 is 0. The molecular formula is C15H14F3N3O2. The fourth-order valence-corrected chi connectivity index (χ4v) is 2.17. The molecule has 122 valence electrons. The number of para-hydroxylation sites is 1. The van der Waals surface area contributed by atoms with Crippen LogP contribution >= 0.6 is 0 Å². The molecule has 1 aromatic heterocycles. The number of fused-ring (bicyclic) bond motifs is 1. The summed E-state index contributed by atoms with van der Waals surface area (Å²) in [6.07, 6.45) is -2.65. The maximum Gasteiger partial charge on any atom is 0.433 e. The molecule has 8 heteroatoms. The number of halogens is 3. The Morgan fingerprint density at radius 2 is 1.96 bits per heavy atom. The molecule has 0 amide bonds. The molecule has 1 N–H and O–H groups in total. The van der Waals surface area contributed by atoms with Gasteiger partial charge in [0.25, 0.3) is 0 Å². The molecule has 1 aromatic carbocycles. The van der Waals surface area contributed by atoms with Crippen LogP contribution in [0.15, 0.2) is 30.5 Å². The van der Waals surface area contributed by atoms with Crippen LogP contribution in [0.5, 0.6) is 11.5 Å². The van der Waals surface area contributed by atoms with E-state index in [4.69, 9.17) is 9.47 Å². The van der Waals surface area contributed by atoms with Crippen LogP contribution in [-0.2, 0) is 12.7 Å². The van der Waals surface area contributed by atoms with Crippen molar-refractivity contribution in [2.75, 3.05) is 18.5 Å². The van der Waals surface area contributed by atoms with E-state index in [2.05, 4.69) is 15.3 Å². The van der Waals surface area contributed by atoms with Gasteiger partial charge in [0.05, 0.1) is 13.2 Å². The lowest BCUT2D eigenvalue weighted by Crippen LogP contribution is -2.12. The van der Waals surface area contributed by atoms with Crippen molar-refractivity contribution in [1.82, 2.24) is 9.97 Å². The molecular weight excluding hydrogens is 311 g/mol. The number of aromatic nitrogens is 2. The number of nitrogens with one attached hydrogen (secondary N) is 1. The molecule has 2 aromatic rings. The first-order valence-corrected chi connectivity index (χ1v) is 7.05. The maximum atomic E-state index is 12.6. The average molecular weight is 325 g/mol. The first kappa shape index (κ1) is 15.4. The molecule has 0 unspecified atom stereocenters. The van der Waals surface area contributed by atoms with Crippen LogP contribution in [-0.4, -0.2) is 23.2 Å². The van der Waals surface area contributed by atoms with Gasteiger partial charge in [-0.1, -0.05) is 12.1 Å². The molecule has 0 atom stereocenters. The molecule has 0 spiro atoms. The fraction of sp³-hybridized carbons (Fsp3) is 0.333. The molecule has 3 rings (SSSR count). The third-order valence-corrected chi connectivity index (χ3v) is 3.24. The zero-order valence-electron chi connectivity index (χ0n) is 12.1. The van der Waals surface area contributed by atoms with E-state index < -0.39 is 11.9 Å². The van der Waals surface area contributed by atoms with Crippen LogP contribution in [0, 0.1) is 0 Å². The Bertz CT molecular complexity index is 692. The number of ether oxygens (including phenoxy) is 2. The van der Waals surface area contributed by atoms with Crippen molar-refractivity contribution in [2.45, 2.75) is 19.1 Å². The van der Waals surface area contributed by atoms with Crippen molar-refractivity contribution in [3.63, 3.8) is 0 Å². The zero-order valence-corrected chi connectivity index (χ0v) is 12.1. The molecule has 5 nitrogen and oxygen atoms in total. The number of benzene rings is 1. The van der Waals surface area contributed by atoms with Gasteiger partial charge in [0.15, 0.2) is 11.5 Å². The quantitative estimate of drug-likeness (QED) is 0.939. The van der Waals surface area contributed by atoms with Gasteiger partial charge >= 0.3 is 6.18 Å². The van der Waals surface area contributed by atoms with Gasteiger partial charge < -0.3 is 14.8 Å². The van der Waals surface area contributed by atoms with E-state index in [-0.39, 0.29) is 12.5 Å². The summed E-state index contributed by atoms with van der Waals surface area (Å²) in [5.74, 6) is 1.14. The van der Waals surface area contributed by atoms with E-state index in [1.54, 1.807) is 12.1 Å². The Balaban J connectivity index is 1.77. The van der Waals surface area contributed by atoms with Crippen molar-refractivity contribution in [2.24, 2.45) is 0 Å². The van der Waals surface area contributed by atoms with Gasteiger partial charge in [-0.05, 0) is 12.1 Å². The molecule has 0 radical (unpaired) electrons. The lowest BCUT2D eigenvalue weighted by Gasteiger charge is -2.13. The lowest BCUT2D eigenvalue weighted by atomic mass is 10.2. The SMILES string of the molecule is FC(F)(F)c1ccnc(NCc2cccc3c2OCCCO3)n1. The second-order valence-electron chi connectivity index (χ2n) is 4.91. The van der Waals surface area contributed by atoms with Gasteiger partial charge in [-0.3, -0.25) is 0 Å².